The molecule has 0 saturated heterocycles. The summed E-state index contributed by atoms with van der Waals surface area (Å²) in [7, 11) is -1.11. The zero-order valence-corrected chi connectivity index (χ0v) is 62.0. The lowest BCUT2D eigenvalue weighted by Gasteiger charge is -2.22. The zero-order chi connectivity index (χ0) is 75.2. The Balaban J connectivity index is 0.000000202. The molecule has 28 nitrogen and oxygen atoms in total. The number of alkyl carbamates (subject to hydrolysis) is 2. The van der Waals surface area contributed by atoms with E-state index in [1.807, 2.05) is 71.6 Å². The number of carbonyl (C=O) groups excluding carboxylic acids is 6. The van der Waals surface area contributed by atoms with Crippen molar-refractivity contribution >= 4 is 175 Å². The Morgan fingerprint density at radius 3 is 1.63 bits per heavy atom. The highest BCUT2D eigenvalue weighted by molar-refractivity contribution is 6.76. The van der Waals surface area contributed by atoms with Gasteiger partial charge in [-0.15, -0.1) is 0 Å². The second kappa shape index (κ2) is 37.4. The molecule has 10 rings (SSSR count). The second-order valence-electron chi connectivity index (χ2n) is 22.8. The number of Topliss-reactive ketones (excluding diaryl/α,β-unsaturated/α-hetero) is 1. The summed E-state index contributed by atoms with van der Waals surface area (Å²) in [5.41, 5.74) is 13.9. The number of aromatic amines is 2. The SMILES string of the molecule is CCOC(=O)NC(=O)/C(C#N)=N/Nc1cc(Cl)c(Oc2ccc3n[nH]c(CC)c3c2)c(Cl)c1.CCOC(=O)NC(=O)CC#N.CCc1[nH]nc2ccc(Oc3c(Cl)cc(N4N=C(C#N)C(=O)CC4=O)cc3Cl)cc12.CCc1nn(COCC[Si](C)(C)C)c2ccc(Oc3c(Cl)cc(N)cc3Cl)cc12. The van der Waals surface area contributed by atoms with Crippen molar-refractivity contribution in [2.45, 2.75) is 99.1 Å². The number of rotatable bonds is 21. The summed E-state index contributed by atoms with van der Waals surface area (Å²) in [5.74, 6) is -0.408. The third kappa shape index (κ3) is 22.0. The number of nitrogens with two attached hydrogens (primary N) is 1. The Hall–Kier alpha value is -10.5. The minimum atomic E-state index is -1.11. The zero-order valence-electron chi connectivity index (χ0n) is 56.4. The molecule has 0 spiro atoms. The Kier molecular flexibility index (Phi) is 29.0. The van der Waals surface area contributed by atoms with E-state index in [0.29, 0.717) is 45.5 Å². The number of nitriles is 3. The van der Waals surface area contributed by atoms with Crippen LogP contribution in [0.3, 0.4) is 0 Å². The van der Waals surface area contributed by atoms with Crippen molar-refractivity contribution in [3.05, 3.63) is 138 Å². The molecule has 103 heavy (non-hydrogen) atoms. The van der Waals surface area contributed by atoms with Crippen molar-refractivity contribution in [1.29, 1.82) is 15.8 Å². The predicted octanol–water partition coefficient (Wildman–Crippen LogP) is 16.0. The first-order valence-electron chi connectivity index (χ1n) is 31.3. The van der Waals surface area contributed by atoms with Gasteiger partial charge in [-0.05, 0) is 130 Å². The molecule has 0 radical (unpaired) electrons. The summed E-state index contributed by atoms with van der Waals surface area (Å²) < 4.78 is 34.5. The molecule has 6 aromatic carbocycles. The number of ketones is 1. The van der Waals surface area contributed by atoms with E-state index >= 15 is 0 Å². The summed E-state index contributed by atoms with van der Waals surface area (Å²) >= 11 is 37.9. The lowest BCUT2D eigenvalue weighted by Crippen LogP contribution is -2.36. The van der Waals surface area contributed by atoms with Gasteiger partial charge in [0.2, 0.25) is 23.1 Å². The Bertz CT molecular complexity index is 4810. The maximum Gasteiger partial charge on any atom is 0.414 e. The predicted molar refractivity (Wildman–Crippen MR) is 396 cm³/mol. The van der Waals surface area contributed by atoms with E-state index in [9.17, 15) is 28.8 Å². The normalized spacial score (nSPS) is 11.9. The molecule has 0 atom stereocenters. The Morgan fingerprint density at radius 2 is 1.16 bits per heavy atom. The second-order valence-corrected chi connectivity index (χ2v) is 30.8. The lowest BCUT2D eigenvalue weighted by molar-refractivity contribution is -0.124. The summed E-state index contributed by atoms with van der Waals surface area (Å²) in [6, 6.07) is 31.6. The molecule has 536 valence electrons. The molecule has 3 aromatic heterocycles. The van der Waals surface area contributed by atoms with Gasteiger partial charge in [0.25, 0.3) is 11.8 Å². The molecule has 0 fully saturated rings. The molecule has 0 bridgehead atoms. The summed E-state index contributed by atoms with van der Waals surface area (Å²) in [5, 5.41) is 61.7. The summed E-state index contributed by atoms with van der Waals surface area (Å²) in [4.78, 5) is 68.0. The number of H-pyrrole nitrogens is 2. The largest absolute Gasteiger partial charge is 0.454 e. The van der Waals surface area contributed by atoms with Gasteiger partial charge in [0.05, 0.1) is 89.5 Å². The van der Waals surface area contributed by atoms with Gasteiger partial charge >= 0.3 is 12.2 Å². The number of carbonyl (C=O) groups is 6. The number of nitrogens with zero attached hydrogens (tertiary/aromatic N) is 10. The molecular weight excluding hydrogens is 1470 g/mol. The molecule has 9 aromatic rings. The van der Waals surface area contributed by atoms with Crippen LogP contribution in [0.25, 0.3) is 32.7 Å². The number of hydrogen-bond donors (Lipinski definition) is 6. The fourth-order valence-corrected chi connectivity index (χ4v) is 11.7. The average Bonchev–Trinajstić information content (AvgIpc) is 1.79. The lowest BCUT2D eigenvalue weighted by atomic mass is 10.1. The molecule has 1 aliphatic rings. The summed E-state index contributed by atoms with van der Waals surface area (Å²) in [6.45, 7) is 17.8. The summed E-state index contributed by atoms with van der Waals surface area (Å²) in [6.07, 6.45) is -0.210. The number of imide groups is 2. The third-order valence-electron chi connectivity index (χ3n) is 14.1. The quantitative estimate of drug-likeness (QED) is 0.00971. The average molecular weight is 1540 g/mol. The van der Waals surface area contributed by atoms with Crippen molar-refractivity contribution in [3.8, 4) is 52.7 Å². The minimum Gasteiger partial charge on any atom is -0.454 e. The molecule has 0 aliphatic carbocycles. The molecule has 5 amide bonds. The number of ether oxygens (including phenoxy) is 6. The molecule has 7 N–H and O–H groups in total. The van der Waals surface area contributed by atoms with E-state index in [2.05, 4.69) is 72.1 Å². The van der Waals surface area contributed by atoms with E-state index in [1.54, 1.807) is 56.3 Å². The van der Waals surface area contributed by atoms with Crippen LogP contribution in [-0.4, -0.2) is 105 Å². The highest BCUT2D eigenvalue weighted by Gasteiger charge is 2.30. The number of halogens is 6. The first kappa shape index (κ1) is 79.8. The number of anilines is 3. The van der Waals surface area contributed by atoms with Gasteiger partial charge in [-0.25, -0.2) is 14.3 Å². The Morgan fingerprint density at radius 1 is 0.660 bits per heavy atom. The molecule has 0 saturated carbocycles. The molecule has 4 heterocycles. The van der Waals surface area contributed by atoms with Crippen molar-refractivity contribution in [1.82, 2.24) is 40.8 Å². The molecule has 1 aliphatic heterocycles. The van der Waals surface area contributed by atoms with Crippen LogP contribution in [0.5, 0.6) is 34.5 Å². The monoisotopic (exact) mass is 1540 g/mol. The number of hydrazone groups is 2. The van der Waals surface area contributed by atoms with Crippen molar-refractivity contribution in [2.24, 2.45) is 10.2 Å². The molecule has 0 unspecified atom stereocenters. The van der Waals surface area contributed by atoms with Gasteiger partial charge in [-0.2, -0.15) is 46.3 Å². The van der Waals surface area contributed by atoms with Crippen molar-refractivity contribution in [3.63, 3.8) is 0 Å². The van der Waals surface area contributed by atoms with Crippen LogP contribution in [0.15, 0.2) is 101 Å². The maximum absolute atomic E-state index is 12.2. The van der Waals surface area contributed by atoms with E-state index in [1.165, 1.54) is 24.3 Å². The Labute approximate surface area is 620 Å². The van der Waals surface area contributed by atoms with E-state index in [-0.39, 0.29) is 68.3 Å². The van der Waals surface area contributed by atoms with Gasteiger partial charge < -0.3 is 34.2 Å². The highest BCUT2D eigenvalue weighted by Crippen LogP contribution is 2.43. The highest BCUT2D eigenvalue weighted by atomic mass is 35.5. The minimum absolute atomic E-state index is 0.0670. The molecule has 35 heteroatoms. The standard InChI is InChI=1S/C21H18Cl2N6O4.C21H27Cl2N3O2Si.C20H13Cl2N5O3.C6H8N2O3/c1-3-16-13-9-12(5-6-17(13)28-27-16)33-19-14(22)7-11(8-15(19)23)26-29-18(10-24)20(30)25-21(31)32-4-2;1-5-19-16-12-15(28-21-17(22)10-14(24)11-18(21)23)6-7-20(16)26(25-19)13-27-8-9-29(2,3)4;1-2-15-12-7-11(3-4-16(12)25-24-15)30-20-13(21)5-10(6-14(20)22)27-19(29)8-18(28)17(9-23)26-27;1-2-11-6(10)8-5(9)3-4-7/h5-9,26H,3-4H2,1-2H3,(H,27,28)(H,25,30,31);6-7,10-12H,5,8-9,13,24H2,1-4H3;3-7H,2,8H2,1H3,(H,24,25);2-3H2,1H3,(H,8,9,10)/b29-18+;;;. The van der Waals surface area contributed by atoms with Crippen LogP contribution in [0.1, 0.15) is 64.5 Å². The number of amides is 5. The van der Waals surface area contributed by atoms with E-state index in [4.69, 9.17) is 115 Å². The number of fused-ring (bicyclic) bond motifs is 3. The van der Waals surface area contributed by atoms with Gasteiger partial charge in [-0.3, -0.25) is 45.4 Å². The van der Waals surface area contributed by atoms with Gasteiger partial charge in [0, 0.05) is 47.9 Å². The topological polar surface area (TPSA) is 394 Å². The van der Waals surface area contributed by atoms with Gasteiger partial charge in [-0.1, -0.05) is 110 Å². The van der Waals surface area contributed by atoms with E-state index in [0.717, 1.165) is 86.7 Å². The molecular formula is C68H66Cl6N16O12Si. The number of benzene rings is 6. The number of nitrogen functional groups attached to an aromatic ring is 1. The van der Waals surface area contributed by atoms with Crippen molar-refractivity contribution < 1.29 is 57.2 Å². The van der Waals surface area contributed by atoms with Gasteiger partial charge in [0.1, 0.15) is 42.5 Å². The first-order chi connectivity index (χ1) is 49.1. The van der Waals surface area contributed by atoms with Crippen LogP contribution in [0, 0.1) is 34.0 Å². The van der Waals surface area contributed by atoms with E-state index < -0.39 is 55.9 Å². The van der Waals surface area contributed by atoms with Crippen molar-refractivity contribution in [2.75, 3.05) is 36.0 Å². The smallest absolute Gasteiger partial charge is 0.414 e. The van der Waals surface area contributed by atoms with Crippen LogP contribution in [-0.2, 0) is 59.4 Å². The fraction of sp³-hybridized carbons (Fsp3) is 0.265. The number of nitrogens with one attached hydrogen (secondary N) is 5. The maximum atomic E-state index is 12.2. The fourth-order valence-electron chi connectivity index (χ4n) is 9.20. The van der Waals surface area contributed by atoms with Crippen LogP contribution >= 0.6 is 69.6 Å². The number of aryl methyl sites for hydroxylation is 3. The number of hydrogen-bond acceptors (Lipinski definition) is 22. The third-order valence-corrected chi connectivity index (χ3v) is 17.5. The van der Waals surface area contributed by atoms with Crippen LogP contribution in [0.4, 0.5) is 26.7 Å². The van der Waals surface area contributed by atoms with Gasteiger partial charge in [0.15, 0.2) is 17.2 Å². The van der Waals surface area contributed by atoms with Crippen LogP contribution in [0.2, 0.25) is 55.8 Å². The van der Waals surface area contributed by atoms with Crippen LogP contribution < -0.4 is 41.0 Å². The first-order valence-corrected chi connectivity index (χ1v) is 37.3. The number of aromatic nitrogens is 6.